The molecule has 0 atom stereocenters. The van der Waals surface area contributed by atoms with Gasteiger partial charge in [-0.3, -0.25) is 4.99 Å². The predicted octanol–water partition coefficient (Wildman–Crippen LogP) is 3.29. The van der Waals surface area contributed by atoms with Gasteiger partial charge in [-0.2, -0.15) is 0 Å². The molecule has 0 amide bonds. The average molecular weight is 387 g/mol. The minimum Gasteiger partial charge on any atom is -0.370 e. The van der Waals surface area contributed by atoms with Gasteiger partial charge in [-0.1, -0.05) is 44.2 Å². The topological polar surface area (TPSA) is 50.4 Å². The molecule has 1 aromatic rings. The van der Waals surface area contributed by atoms with E-state index in [0.717, 1.165) is 19.5 Å². The van der Waals surface area contributed by atoms with E-state index in [1.54, 1.807) is 0 Å². The van der Waals surface area contributed by atoms with E-state index in [4.69, 9.17) is 5.73 Å². The molecule has 1 fully saturated rings. The third-order valence-corrected chi connectivity index (χ3v) is 3.82. The molecule has 1 saturated carbocycles. The number of hydrogen-bond acceptors (Lipinski definition) is 1. The molecule has 1 aliphatic rings. The molecule has 0 heterocycles. The lowest BCUT2D eigenvalue weighted by Crippen LogP contribution is -2.33. The van der Waals surface area contributed by atoms with Crippen LogP contribution in [0.15, 0.2) is 35.3 Å². The lowest BCUT2D eigenvalue weighted by molar-refractivity contribution is 0.576. The molecule has 0 aromatic heterocycles. The summed E-state index contributed by atoms with van der Waals surface area (Å²) in [5.41, 5.74) is 7.56. The number of nitrogens with zero attached hydrogens (tertiary/aromatic N) is 1. The first-order chi connectivity index (χ1) is 9.12. The van der Waals surface area contributed by atoms with Crippen LogP contribution in [0.3, 0.4) is 0 Å². The van der Waals surface area contributed by atoms with Crippen LogP contribution in [0.25, 0.3) is 0 Å². The van der Waals surface area contributed by atoms with Crippen molar-refractivity contribution in [2.45, 2.75) is 38.5 Å². The summed E-state index contributed by atoms with van der Waals surface area (Å²) in [5, 5.41) is 3.19. The lowest BCUT2D eigenvalue weighted by Gasteiger charge is -2.14. The van der Waals surface area contributed by atoms with Crippen LogP contribution in [0.4, 0.5) is 0 Å². The molecule has 3 nitrogen and oxygen atoms in total. The van der Waals surface area contributed by atoms with Crippen molar-refractivity contribution in [2.24, 2.45) is 16.6 Å². The Bertz CT molecular complexity index is 425. The number of nitrogens with one attached hydrogen (secondary N) is 1. The molecule has 0 unspecified atom stereocenters. The van der Waals surface area contributed by atoms with Crippen LogP contribution >= 0.6 is 24.0 Å². The van der Waals surface area contributed by atoms with E-state index in [1.807, 2.05) is 0 Å². The van der Waals surface area contributed by atoms with Crippen molar-refractivity contribution in [2.75, 3.05) is 13.1 Å². The number of guanidine groups is 1. The van der Waals surface area contributed by atoms with Gasteiger partial charge in [0.1, 0.15) is 0 Å². The molecule has 20 heavy (non-hydrogen) atoms. The number of rotatable bonds is 6. The fourth-order valence-electron chi connectivity index (χ4n) is 2.26. The van der Waals surface area contributed by atoms with Crippen LogP contribution in [0.1, 0.15) is 38.7 Å². The van der Waals surface area contributed by atoms with Crippen molar-refractivity contribution in [3.63, 3.8) is 0 Å². The van der Waals surface area contributed by atoms with Gasteiger partial charge in [0.05, 0.1) is 6.54 Å². The summed E-state index contributed by atoms with van der Waals surface area (Å²) in [4.78, 5) is 4.51. The summed E-state index contributed by atoms with van der Waals surface area (Å²) in [5.74, 6) is 1.28. The smallest absolute Gasteiger partial charge is 0.188 e. The van der Waals surface area contributed by atoms with Crippen LogP contribution in [-0.4, -0.2) is 19.0 Å². The van der Waals surface area contributed by atoms with Crippen LogP contribution in [0.5, 0.6) is 0 Å². The van der Waals surface area contributed by atoms with E-state index >= 15 is 0 Å². The molecule has 0 spiro atoms. The fourth-order valence-corrected chi connectivity index (χ4v) is 2.26. The second kappa shape index (κ2) is 7.86. The van der Waals surface area contributed by atoms with E-state index < -0.39 is 0 Å². The maximum Gasteiger partial charge on any atom is 0.188 e. The maximum atomic E-state index is 5.91. The number of halogens is 1. The predicted molar refractivity (Wildman–Crippen MR) is 96.7 cm³/mol. The molecule has 3 N–H and O–H groups in total. The van der Waals surface area contributed by atoms with Gasteiger partial charge in [-0.25, -0.2) is 0 Å². The highest BCUT2D eigenvalue weighted by Crippen LogP contribution is 2.48. The molecule has 1 aromatic carbocycles. The fraction of sp³-hybridized carbons (Fsp3) is 0.562. The largest absolute Gasteiger partial charge is 0.370 e. The number of benzene rings is 1. The number of nitrogens with two attached hydrogens (primary N) is 1. The van der Waals surface area contributed by atoms with Gasteiger partial charge in [0.15, 0.2) is 5.96 Å². The SMILES string of the molecule is CC(C)CCNC(N)=NCC1(c2ccccc2)CC1.I. The standard InChI is InChI=1S/C16H25N3.HI/c1-13(2)8-11-18-15(17)19-12-16(9-10-16)14-6-4-3-5-7-14;/h3-7,13H,8-12H2,1-2H3,(H3,17,18,19);1H. The Morgan fingerprint density at radius 2 is 1.95 bits per heavy atom. The minimum absolute atomic E-state index is 0. The average Bonchev–Trinajstić information content (AvgIpc) is 3.18. The molecule has 0 radical (unpaired) electrons. The molecule has 1 aliphatic carbocycles. The van der Waals surface area contributed by atoms with Crippen molar-refractivity contribution in [3.05, 3.63) is 35.9 Å². The van der Waals surface area contributed by atoms with Crippen LogP contribution < -0.4 is 11.1 Å². The maximum absolute atomic E-state index is 5.91. The van der Waals surface area contributed by atoms with Gasteiger partial charge in [0.2, 0.25) is 0 Å². The zero-order valence-electron chi connectivity index (χ0n) is 12.4. The van der Waals surface area contributed by atoms with Crippen molar-refractivity contribution in [3.8, 4) is 0 Å². The highest BCUT2D eigenvalue weighted by atomic mass is 127. The highest BCUT2D eigenvalue weighted by molar-refractivity contribution is 14.0. The molecular weight excluding hydrogens is 361 g/mol. The first kappa shape index (κ1) is 17.3. The highest BCUT2D eigenvalue weighted by Gasteiger charge is 2.43. The molecule has 0 saturated heterocycles. The van der Waals surface area contributed by atoms with Crippen molar-refractivity contribution in [1.82, 2.24) is 5.32 Å². The Kier molecular flexibility index (Phi) is 6.79. The molecular formula is C16H26IN3. The monoisotopic (exact) mass is 387 g/mol. The van der Waals surface area contributed by atoms with E-state index in [2.05, 4.69) is 54.5 Å². The first-order valence-electron chi connectivity index (χ1n) is 7.22. The van der Waals surface area contributed by atoms with Gasteiger partial charge in [0.25, 0.3) is 0 Å². The lowest BCUT2D eigenvalue weighted by atomic mass is 9.96. The molecule has 2 rings (SSSR count). The Morgan fingerprint density at radius 3 is 2.50 bits per heavy atom. The third-order valence-electron chi connectivity index (χ3n) is 3.82. The quantitative estimate of drug-likeness (QED) is 0.447. The Hall–Kier alpha value is -0.780. The van der Waals surface area contributed by atoms with E-state index in [0.29, 0.717) is 11.9 Å². The first-order valence-corrected chi connectivity index (χ1v) is 7.22. The molecule has 0 bridgehead atoms. The minimum atomic E-state index is 0. The molecule has 4 heteroatoms. The second-order valence-electron chi connectivity index (χ2n) is 5.96. The normalized spacial score (nSPS) is 16.6. The summed E-state index contributed by atoms with van der Waals surface area (Å²) in [6, 6.07) is 10.7. The Morgan fingerprint density at radius 1 is 1.30 bits per heavy atom. The Balaban J connectivity index is 0.00000200. The summed E-state index contributed by atoms with van der Waals surface area (Å²) in [6.45, 7) is 6.13. The number of aliphatic imine (C=N–C) groups is 1. The van der Waals surface area contributed by atoms with Crippen molar-refractivity contribution < 1.29 is 0 Å². The van der Waals surface area contributed by atoms with Gasteiger partial charge in [-0.05, 0) is 30.7 Å². The van der Waals surface area contributed by atoms with E-state index in [1.165, 1.54) is 18.4 Å². The Labute approximate surface area is 139 Å². The van der Waals surface area contributed by atoms with Gasteiger partial charge < -0.3 is 11.1 Å². The van der Waals surface area contributed by atoms with Gasteiger partial charge >= 0.3 is 0 Å². The van der Waals surface area contributed by atoms with Gasteiger partial charge in [-0.15, -0.1) is 24.0 Å². The molecule has 0 aliphatic heterocycles. The van der Waals surface area contributed by atoms with Crippen LogP contribution in [0, 0.1) is 5.92 Å². The summed E-state index contributed by atoms with van der Waals surface area (Å²) in [7, 11) is 0. The van der Waals surface area contributed by atoms with E-state index in [9.17, 15) is 0 Å². The van der Waals surface area contributed by atoms with Crippen LogP contribution in [-0.2, 0) is 5.41 Å². The number of hydrogen-bond donors (Lipinski definition) is 2. The van der Waals surface area contributed by atoms with Gasteiger partial charge in [0, 0.05) is 12.0 Å². The third kappa shape index (κ3) is 4.96. The van der Waals surface area contributed by atoms with E-state index in [-0.39, 0.29) is 29.4 Å². The summed E-state index contributed by atoms with van der Waals surface area (Å²) < 4.78 is 0. The van der Waals surface area contributed by atoms with Crippen molar-refractivity contribution >= 4 is 29.9 Å². The molecule has 112 valence electrons. The van der Waals surface area contributed by atoms with Crippen LogP contribution in [0.2, 0.25) is 0 Å². The second-order valence-corrected chi connectivity index (χ2v) is 5.96. The van der Waals surface area contributed by atoms with Crippen molar-refractivity contribution in [1.29, 1.82) is 0 Å². The summed E-state index contributed by atoms with van der Waals surface area (Å²) >= 11 is 0. The zero-order chi connectivity index (χ0) is 13.7. The zero-order valence-corrected chi connectivity index (χ0v) is 14.8. The summed E-state index contributed by atoms with van der Waals surface area (Å²) in [6.07, 6.45) is 3.57.